The van der Waals surface area contributed by atoms with Crippen LogP contribution in [0, 0.1) is 11.6 Å². The molecule has 0 radical (unpaired) electrons. The van der Waals surface area contributed by atoms with Gasteiger partial charge in [0.05, 0.1) is 40.3 Å². The molecule has 3 heterocycles. The smallest absolute Gasteiger partial charge is 0.267 e. The van der Waals surface area contributed by atoms with E-state index < -0.39 is 46.6 Å². The summed E-state index contributed by atoms with van der Waals surface area (Å²) >= 11 is 0. The van der Waals surface area contributed by atoms with Crippen molar-refractivity contribution < 1.29 is 39.9 Å². The van der Waals surface area contributed by atoms with Crippen molar-refractivity contribution in [3.8, 4) is 34.0 Å². The molecule has 0 spiro atoms. The molecule has 0 aliphatic carbocycles. The van der Waals surface area contributed by atoms with Crippen LogP contribution in [-0.2, 0) is 12.4 Å². The first-order valence-electron chi connectivity index (χ1n) is 10.8. The molecule has 0 unspecified atom stereocenters. The number of fused-ring (bicyclic) bond motifs is 1. The van der Waals surface area contributed by atoms with Crippen LogP contribution in [0.1, 0.15) is 21.5 Å². The predicted octanol–water partition coefficient (Wildman–Crippen LogP) is 6.51. The maximum Gasteiger partial charge on any atom is 0.417 e. The van der Waals surface area contributed by atoms with Crippen molar-refractivity contribution in [1.29, 1.82) is 0 Å². The van der Waals surface area contributed by atoms with E-state index in [0.717, 1.165) is 41.5 Å². The van der Waals surface area contributed by atoms with Gasteiger partial charge in [-0.3, -0.25) is 9.78 Å². The monoisotopic (exact) mass is 549 g/mol. The van der Waals surface area contributed by atoms with Crippen molar-refractivity contribution >= 4 is 5.91 Å². The van der Waals surface area contributed by atoms with Crippen LogP contribution >= 0.6 is 0 Å². The zero-order chi connectivity index (χ0) is 28.1. The summed E-state index contributed by atoms with van der Waals surface area (Å²) in [6.45, 7) is 0. The van der Waals surface area contributed by atoms with Gasteiger partial charge < -0.3 is 0 Å². The number of aromatic nitrogens is 5. The predicted molar refractivity (Wildman–Crippen MR) is 119 cm³/mol. The van der Waals surface area contributed by atoms with Gasteiger partial charge in [0.2, 0.25) is 0 Å². The van der Waals surface area contributed by atoms with E-state index in [9.17, 15) is 39.9 Å². The first kappa shape index (κ1) is 25.9. The topological polar surface area (TPSA) is 73.6 Å². The largest absolute Gasteiger partial charge is 0.417 e. The number of imidazole rings is 1. The SMILES string of the molecule is O=C(c1ccc(-c2ccc(C(F)(F)F)cc2C(F)(F)F)nc1)n1cc2nc(-c3cccc(F)c3F)nc-2cn1. The molecule has 5 rings (SSSR count). The summed E-state index contributed by atoms with van der Waals surface area (Å²) in [5, 5.41) is 3.90. The number of carbonyl (C=O) groups is 1. The lowest BCUT2D eigenvalue weighted by molar-refractivity contribution is -0.142. The van der Waals surface area contributed by atoms with Crippen molar-refractivity contribution in [1.82, 2.24) is 24.7 Å². The number of alkyl halides is 6. The van der Waals surface area contributed by atoms with Crippen molar-refractivity contribution in [2.24, 2.45) is 0 Å². The van der Waals surface area contributed by atoms with E-state index in [1.165, 1.54) is 12.1 Å². The summed E-state index contributed by atoms with van der Waals surface area (Å²) in [7, 11) is 0. The summed E-state index contributed by atoms with van der Waals surface area (Å²) in [6.07, 6.45) is -6.82. The Bertz CT molecular complexity index is 1680. The number of nitrogens with zero attached hydrogens (tertiary/aromatic N) is 5. The summed E-state index contributed by atoms with van der Waals surface area (Å²) in [5.74, 6) is -3.17. The minimum absolute atomic E-state index is 0.00405. The molecular formula is C25H11F8N5O. The summed E-state index contributed by atoms with van der Waals surface area (Å²) < 4.78 is 108. The summed E-state index contributed by atoms with van der Waals surface area (Å²) in [5.41, 5.74) is -3.96. The zero-order valence-electron chi connectivity index (χ0n) is 19.0. The average Bonchev–Trinajstić information content (AvgIpc) is 3.32. The summed E-state index contributed by atoms with van der Waals surface area (Å²) in [4.78, 5) is 24.9. The Morgan fingerprint density at radius 3 is 2.18 bits per heavy atom. The molecule has 0 saturated heterocycles. The molecule has 2 aliphatic heterocycles. The van der Waals surface area contributed by atoms with E-state index in [2.05, 4.69) is 20.1 Å². The highest BCUT2D eigenvalue weighted by atomic mass is 19.4. The third kappa shape index (κ3) is 4.92. The molecule has 0 saturated carbocycles. The molecule has 0 N–H and O–H groups in total. The van der Waals surface area contributed by atoms with Gasteiger partial charge in [-0.05, 0) is 36.4 Å². The van der Waals surface area contributed by atoms with E-state index in [1.807, 2.05) is 0 Å². The standard InChI is InChI=1S/C25H11F8N5O/c26-17-3-1-2-15(21(17)27)22-36-19-10-35-38(11-20(19)37-22)23(39)12-4-7-18(34-9-12)14-6-5-13(24(28,29)30)8-16(14)25(31,32)33/h1-11H. The first-order chi connectivity index (χ1) is 18.3. The number of hydrogen-bond acceptors (Lipinski definition) is 5. The second kappa shape index (κ2) is 9.22. The van der Waals surface area contributed by atoms with Gasteiger partial charge >= 0.3 is 12.4 Å². The molecular weight excluding hydrogens is 538 g/mol. The minimum atomic E-state index is -5.10. The fourth-order valence-electron chi connectivity index (χ4n) is 3.72. The number of benzene rings is 2. The van der Waals surface area contributed by atoms with Crippen LogP contribution in [0.15, 0.2) is 67.1 Å². The molecule has 14 heteroatoms. The zero-order valence-corrected chi connectivity index (χ0v) is 19.0. The number of rotatable bonds is 3. The fourth-order valence-corrected chi connectivity index (χ4v) is 3.72. The lowest BCUT2D eigenvalue weighted by Crippen LogP contribution is -2.16. The van der Waals surface area contributed by atoms with Crippen LogP contribution < -0.4 is 0 Å². The van der Waals surface area contributed by atoms with Gasteiger partial charge in [-0.25, -0.2) is 23.4 Å². The van der Waals surface area contributed by atoms with Gasteiger partial charge in [0.15, 0.2) is 17.5 Å². The molecule has 0 amide bonds. The highest BCUT2D eigenvalue weighted by molar-refractivity contribution is 5.95. The molecule has 39 heavy (non-hydrogen) atoms. The van der Waals surface area contributed by atoms with Crippen molar-refractivity contribution in [3.05, 3.63) is 95.4 Å². The number of hydrogen-bond donors (Lipinski definition) is 0. The van der Waals surface area contributed by atoms with Gasteiger partial charge in [0.25, 0.3) is 5.91 Å². The van der Waals surface area contributed by atoms with E-state index in [0.29, 0.717) is 12.1 Å². The van der Waals surface area contributed by atoms with Crippen LogP contribution in [-0.4, -0.2) is 30.6 Å². The van der Waals surface area contributed by atoms with Crippen LogP contribution in [0.2, 0.25) is 0 Å². The molecule has 0 fully saturated rings. The van der Waals surface area contributed by atoms with E-state index in [-0.39, 0.29) is 40.1 Å². The third-order valence-corrected chi connectivity index (χ3v) is 5.60. The first-order valence-corrected chi connectivity index (χ1v) is 10.8. The van der Waals surface area contributed by atoms with Gasteiger partial charge in [-0.15, -0.1) is 0 Å². The Kier molecular flexibility index (Phi) is 6.12. The molecule has 0 atom stereocenters. The molecule has 3 aromatic rings. The van der Waals surface area contributed by atoms with Gasteiger partial charge in [0, 0.05) is 11.8 Å². The third-order valence-electron chi connectivity index (χ3n) is 5.60. The maximum atomic E-state index is 14.1. The highest BCUT2D eigenvalue weighted by Gasteiger charge is 2.38. The quantitative estimate of drug-likeness (QED) is 0.240. The minimum Gasteiger partial charge on any atom is -0.267 e. The van der Waals surface area contributed by atoms with Crippen LogP contribution in [0.3, 0.4) is 0 Å². The van der Waals surface area contributed by atoms with Crippen molar-refractivity contribution in [2.45, 2.75) is 12.4 Å². The Morgan fingerprint density at radius 1 is 0.769 bits per heavy atom. The second-order valence-electron chi connectivity index (χ2n) is 8.13. The van der Waals surface area contributed by atoms with E-state index in [1.54, 1.807) is 0 Å². The number of carbonyl (C=O) groups excluding carboxylic acids is 1. The molecule has 2 aliphatic rings. The van der Waals surface area contributed by atoms with Gasteiger partial charge in [-0.1, -0.05) is 12.1 Å². The van der Waals surface area contributed by atoms with Crippen molar-refractivity contribution in [3.63, 3.8) is 0 Å². The molecule has 198 valence electrons. The molecule has 0 bridgehead atoms. The number of halogens is 8. The lowest BCUT2D eigenvalue weighted by Gasteiger charge is -2.15. The number of pyridine rings is 1. The van der Waals surface area contributed by atoms with Crippen LogP contribution in [0.5, 0.6) is 0 Å². The summed E-state index contributed by atoms with van der Waals surface area (Å²) in [6, 6.07) is 6.82. The Balaban J connectivity index is 1.46. The maximum absolute atomic E-state index is 14.1. The fraction of sp³-hybridized carbons (Fsp3) is 0.0800. The van der Waals surface area contributed by atoms with E-state index >= 15 is 0 Å². The van der Waals surface area contributed by atoms with Crippen molar-refractivity contribution in [2.75, 3.05) is 0 Å². The van der Waals surface area contributed by atoms with Crippen LogP contribution in [0.4, 0.5) is 35.1 Å². The second-order valence-corrected chi connectivity index (χ2v) is 8.13. The lowest BCUT2D eigenvalue weighted by atomic mass is 9.99. The van der Waals surface area contributed by atoms with E-state index in [4.69, 9.17) is 0 Å². The molecule has 6 nitrogen and oxygen atoms in total. The van der Waals surface area contributed by atoms with Gasteiger partial charge in [0.1, 0.15) is 11.4 Å². The Labute approximate surface area is 212 Å². The average molecular weight is 549 g/mol. The Morgan fingerprint density at radius 2 is 1.51 bits per heavy atom. The van der Waals surface area contributed by atoms with Crippen LogP contribution in [0.25, 0.3) is 34.0 Å². The molecule has 2 aromatic carbocycles. The Hall–Kier alpha value is -4.75. The van der Waals surface area contributed by atoms with Gasteiger partial charge in [-0.2, -0.15) is 31.4 Å². The molecule has 1 aromatic heterocycles. The highest BCUT2D eigenvalue weighted by Crippen LogP contribution is 2.40. The normalized spacial score (nSPS) is 12.2.